The molecule has 0 bridgehead atoms. The Morgan fingerprint density at radius 1 is 1.18 bits per heavy atom. The molecule has 2 fully saturated rings. The van der Waals surface area contributed by atoms with E-state index < -0.39 is 22.3 Å². The topological polar surface area (TPSA) is 91.4 Å². The molecule has 1 N–H and O–H groups in total. The van der Waals surface area contributed by atoms with E-state index in [2.05, 4.69) is 23.7 Å². The first-order valence-corrected chi connectivity index (χ1v) is 13.8. The van der Waals surface area contributed by atoms with Crippen LogP contribution in [0.2, 0.25) is 0 Å². The SMILES string of the molecule is BC1(B)CC(OCC#Cc2cccc3c2N(C)C(=C)N3C2CCC(=O)NC2=O)CC(B)(B)N1C(=O)OC(C)(C)C. The van der Waals surface area contributed by atoms with Crippen molar-refractivity contribution >= 4 is 60.7 Å². The Labute approximate surface area is 241 Å². The number of benzene rings is 1. The van der Waals surface area contributed by atoms with Gasteiger partial charge in [0.2, 0.25) is 11.8 Å². The monoisotopic (exact) mass is 542 g/mol. The minimum Gasteiger partial charge on any atom is -0.444 e. The summed E-state index contributed by atoms with van der Waals surface area (Å²) in [6.07, 6.45) is 1.68. The van der Waals surface area contributed by atoms with Crippen LogP contribution in [0.25, 0.3) is 0 Å². The second kappa shape index (κ2) is 10.6. The summed E-state index contributed by atoms with van der Waals surface area (Å²) in [5.41, 5.74) is 1.95. The number of amides is 3. The summed E-state index contributed by atoms with van der Waals surface area (Å²) in [5.74, 6) is 6.52. The Bertz CT molecular complexity index is 1280. The van der Waals surface area contributed by atoms with Crippen molar-refractivity contribution in [1.29, 1.82) is 0 Å². The normalized spacial score (nSPS) is 22.4. The van der Waals surface area contributed by atoms with Gasteiger partial charge in [0.25, 0.3) is 0 Å². The summed E-state index contributed by atoms with van der Waals surface area (Å²) in [4.78, 5) is 43.0. The fraction of sp³-hybridized carbons (Fsp3) is 0.519. The number of carbonyl (C=O) groups is 3. The van der Waals surface area contributed by atoms with Crippen LogP contribution < -0.4 is 15.1 Å². The van der Waals surface area contributed by atoms with Crippen molar-refractivity contribution in [3.05, 3.63) is 36.2 Å². The third kappa shape index (κ3) is 5.92. The van der Waals surface area contributed by atoms with Crippen LogP contribution in [0, 0.1) is 11.8 Å². The number of hydrogen-bond acceptors (Lipinski definition) is 7. The zero-order valence-corrected chi connectivity index (χ0v) is 25.0. The first-order valence-electron chi connectivity index (χ1n) is 13.8. The minimum atomic E-state index is -0.566. The van der Waals surface area contributed by atoms with Crippen LogP contribution in [0.5, 0.6) is 0 Å². The van der Waals surface area contributed by atoms with E-state index in [0.717, 1.165) is 16.9 Å². The van der Waals surface area contributed by atoms with Gasteiger partial charge in [0.05, 0.1) is 23.0 Å². The lowest BCUT2D eigenvalue weighted by Crippen LogP contribution is -2.70. The number of hydrogen-bond donors (Lipinski definition) is 1. The number of likely N-dealkylation sites (tertiary alicyclic amines) is 1. The second-order valence-electron chi connectivity index (χ2n) is 13.1. The van der Waals surface area contributed by atoms with Gasteiger partial charge in [0.1, 0.15) is 55.5 Å². The lowest BCUT2D eigenvalue weighted by Gasteiger charge is -2.55. The van der Waals surface area contributed by atoms with E-state index in [-0.39, 0.29) is 30.6 Å². The first kappa shape index (κ1) is 29.7. The van der Waals surface area contributed by atoms with Gasteiger partial charge in [-0.2, -0.15) is 0 Å². The Kier molecular flexibility index (Phi) is 7.89. The van der Waals surface area contributed by atoms with E-state index in [1.165, 1.54) is 0 Å². The third-order valence-corrected chi connectivity index (χ3v) is 7.65. The van der Waals surface area contributed by atoms with Crippen LogP contribution >= 0.6 is 0 Å². The number of carbonyl (C=O) groups excluding carboxylic acids is 3. The molecule has 1 aromatic carbocycles. The highest BCUT2D eigenvalue weighted by Gasteiger charge is 2.49. The van der Waals surface area contributed by atoms with Gasteiger partial charge in [-0.15, -0.1) is 0 Å². The van der Waals surface area contributed by atoms with Crippen LogP contribution in [0.15, 0.2) is 30.6 Å². The molecule has 1 unspecified atom stereocenters. The molecule has 3 amide bonds. The molecule has 0 saturated carbocycles. The molecule has 40 heavy (non-hydrogen) atoms. The molecule has 2 saturated heterocycles. The summed E-state index contributed by atoms with van der Waals surface area (Å²) in [6.45, 7) is 10.1. The minimum absolute atomic E-state index is 0.0649. The van der Waals surface area contributed by atoms with Crippen molar-refractivity contribution in [3.8, 4) is 11.8 Å². The van der Waals surface area contributed by atoms with E-state index in [9.17, 15) is 14.4 Å². The molecule has 0 aliphatic carbocycles. The number of imide groups is 1. The highest BCUT2D eigenvalue weighted by Crippen LogP contribution is 2.44. The Hall–Kier alpha value is -3.25. The lowest BCUT2D eigenvalue weighted by atomic mass is 9.46. The summed E-state index contributed by atoms with van der Waals surface area (Å²) in [5, 5.41) is 1.53. The van der Waals surface area contributed by atoms with Crippen molar-refractivity contribution in [3.63, 3.8) is 0 Å². The summed E-state index contributed by atoms with van der Waals surface area (Å²) in [7, 11) is 10.1. The standard InChI is InChI=1S/C27H38B4N4O5/c1-16-33(5)22-17(8-6-10-19(22)34(16)20-11-12-21(36)32-23(20)37)9-7-13-39-18-14-26(28,29)35(27(30,31)15-18)24(38)40-25(2,3)4/h6,8,10,18,20H,1,11-15,28-31H2,2-5H3,(H,32,36,37). The van der Waals surface area contributed by atoms with Crippen LogP contribution in [0.4, 0.5) is 16.2 Å². The van der Waals surface area contributed by atoms with Crippen molar-refractivity contribution in [2.24, 2.45) is 0 Å². The Morgan fingerprint density at radius 3 is 2.42 bits per heavy atom. The fourth-order valence-corrected chi connectivity index (χ4v) is 6.28. The molecule has 13 heteroatoms. The molecule has 1 atom stereocenters. The predicted molar refractivity (Wildman–Crippen MR) is 166 cm³/mol. The van der Waals surface area contributed by atoms with E-state index in [4.69, 9.17) is 9.47 Å². The number of anilines is 2. The largest absolute Gasteiger partial charge is 0.444 e. The summed E-state index contributed by atoms with van der Waals surface area (Å²) in [6, 6.07) is 5.29. The van der Waals surface area contributed by atoms with Crippen molar-refractivity contribution < 1.29 is 23.9 Å². The zero-order chi connectivity index (χ0) is 29.6. The van der Waals surface area contributed by atoms with Gasteiger partial charge in [-0.3, -0.25) is 14.9 Å². The zero-order valence-electron chi connectivity index (χ0n) is 25.0. The molecular formula is C27H38B4N4O5. The van der Waals surface area contributed by atoms with Crippen LogP contribution in [-0.4, -0.2) is 96.3 Å². The number of ether oxygens (including phenoxy) is 2. The fourth-order valence-electron chi connectivity index (χ4n) is 6.28. The quantitative estimate of drug-likeness (QED) is 0.293. The van der Waals surface area contributed by atoms with Crippen LogP contribution in [-0.2, 0) is 19.1 Å². The maximum Gasteiger partial charge on any atom is 0.408 e. The van der Waals surface area contributed by atoms with Gasteiger partial charge in [0.15, 0.2) is 0 Å². The number of nitrogens with zero attached hydrogens (tertiary/aromatic N) is 3. The highest BCUT2D eigenvalue weighted by molar-refractivity contribution is 6.45. The Morgan fingerprint density at radius 2 is 1.82 bits per heavy atom. The number of piperidine rings is 2. The maximum atomic E-state index is 13.1. The Balaban J connectivity index is 1.46. The van der Waals surface area contributed by atoms with Gasteiger partial charge in [-0.1, -0.05) is 24.5 Å². The molecule has 0 spiro atoms. The molecule has 3 aliphatic rings. The third-order valence-electron chi connectivity index (χ3n) is 7.65. The first-order chi connectivity index (χ1) is 18.5. The van der Waals surface area contributed by atoms with Gasteiger partial charge in [0, 0.05) is 13.5 Å². The molecule has 3 heterocycles. The van der Waals surface area contributed by atoms with Gasteiger partial charge >= 0.3 is 6.09 Å². The van der Waals surface area contributed by atoms with Crippen molar-refractivity contribution in [1.82, 2.24) is 10.2 Å². The highest BCUT2D eigenvalue weighted by atomic mass is 16.6. The number of nitrogens with one attached hydrogen (secondary N) is 1. The average molecular weight is 542 g/mol. The van der Waals surface area contributed by atoms with Crippen LogP contribution in [0.1, 0.15) is 52.0 Å². The van der Waals surface area contributed by atoms with Crippen molar-refractivity contribution in [2.75, 3.05) is 23.5 Å². The smallest absolute Gasteiger partial charge is 0.408 e. The summed E-state index contributed by atoms with van der Waals surface area (Å²) < 4.78 is 11.9. The van der Waals surface area contributed by atoms with E-state index in [0.29, 0.717) is 31.5 Å². The molecule has 9 nitrogen and oxygen atoms in total. The van der Waals surface area contributed by atoms with Crippen molar-refractivity contribution in [2.45, 2.75) is 74.9 Å². The molecule has 4 rings (SSSR count). The number of fused-ring (bicyclic) bond motifs is 1. The van der Waals surface area contributed by atoms with E-state index in [1.54, 1.807) is 0 Å². The van der Waals surface area contributed by atoms with E-state index in [1.807, 2.05) is 92.1 Å². The predicted octanol–water partition coefficient (Wildman–Crippen LogP) is -1.17. The molecule has 0 aromatic heterocycles. The molecule has 208 valence electrons. The second-order valence-corrected chi connectivity index (χ2v) is 13.1. The molecule has 3 aliphatic heterocycles. The maximum absolute atomic E-state index is 13.1. The average Bonchev–Trinajstić information content (AvgIpc) is 3.04. The van der Waals surface area contributed by atoms with Gasteiger partial charge in [-0.25, -0.2) is 4.79 Å². The van der Waals surface area contributed by atoms with Crippen LogP contribution in [0.3, 0.4) is 0 Å². The number of rotatable bonds is 3. The molecule has 1 aromatic rings. The van der Waals surface area contributed by atoms with Gasteiger partial charge in [-0.05, 0) is 62.8 Å². The van der Waals surface area contributed by atoms with E-state index >= 15 is 0 Å². The molecule has 0 radical (unpaired) electrons. The molecular weight excluding hydrogens is 504 g/mol. The van der Waals surface area contributed by atoms with Gasteiger partial charge < -0.3 is 24.2 Å². The lowest BCUT2D eigenvalue weighted by molar-refractivity contribution is -0.134. The number of para-hydroxylation sites is 1. The summed E-state index contributed by atoms with van der Waals surface area (Å²) >= 11 is 0.